The third-order valence-electron chi connectivity index (χ3n) is 4.61. The van der Waals surface area contributed by atoms with Gasteiger partial charge in [0, 0.05) is 17.7 Å². The molecular formula is C20H24N6O. The zero-order valence-corrected chi connectivity index (χ0v) is 16.1. The summed E-state index contributed by atoms with van der Waals surface area (Å²) in [4.78, 5) is 12.1. The van der Waals surface area contributed by atoms with E-state index < -0.39 is 0 Å². The van der Waals surface area contributed by atoms with Gasteiger partial charge in [0.1, 0.15) is 0 Å². The molecule has 0 aliphatic rings. The minimum absolute atomic E-state index is 0.128. The molecule has 2 heterocycles. The van der Waals surface area contributed by atoms with Crippen molar-refractivity contribution in [2.75, 3.05) is 0 Å². The first-order valence-corrected chi connectivity index (χ1v) is 8.91. The van der Waals surface area contributed by atoms with Crippen LogP contribution >= 0.6 is 0 Å². The van der Waals surface area contributed by atoms with Gasteiger partial charge in [-0.3, -0.25) is 9.89 Å². The molecule has 0 fully saturated rings. The number of aromatic nitrogens is 4. The topological polar surface area (TPSA) is 88.0 Å². The molecule has 0 bridgehead atoms. The van der Waals surface area contributed by atoms with Gasteiger partial charge in [-0.05, 0) is 51.8 Å². The van der Waals surface area contributed by atoms with E-state index in [1.807, 2.05) is 62.7 Å². The van der Waals surface area contributed by atoms with Gasteiger partial charge in [0.15, 0.2) is 0 Å². The minimum Gasteiger partial charge on any atom is -0.282 e. The summed E-state index contributed by atoms with van der Waals surface area (Å²) in [5, 5.41) is 15.8. The lowest BCUT2D eigenvalue weighted by atomic mass is 10.1. The molecule has 0 unspecified atom stereocenters. The van der Waals surface area contributed by atoms with Gasteiger partial charge in [-0.1, -0.05) is 18.2 Å². The van der Waals surface area contributed by atoms with Crippen LogP contribution in [0.25, 0.3) is 5.69 Å². The lowest BCUT2D eigenvalue weighted by Gasteiger charge is -2.03. The number of benzene rings is 1. The van der Waals surface area contributed by atoms with E-state index in [4.69, 9.17) is 0 Å². The Hall–Kier alpha value is -3.22. The van der Waals surface area contributed by atoms with Crippen molar-refractivity contribution < 1.29 is 4.79 Å². The number of nitrogens with zero attached hydrogens (tertiary/aromatic N) is 4. The van der Waals surface area contributed by atoms with E-state index >= 15 is 0 Å². The molecule has 0 saturated heterocycles. The van der Waals surface area contributed by atoms with E-state index in [1.165, 1.54) is 0 Å². The maximum Gasteiger partial charge on any atom is 0.240 e. The van der Waals surface area contributed by atoms with Crippen molar-refractivity contribution in [2.45, 2.75) is 40.5 Å². The molecule has 2 aromatic heterocycles. The third kappa shape index (κ3) is 4.13. The molecule has 3 aromatic rings. The molecule has 0 spiro atoms. The Balaban J connectivity index is 1.63. The summed E-state index contributed by atoms with van der Waals surface area (Å²) >= 11 is 0. The average Bonchev–Trinajstić information content (AvgIpc) is 3.13. The van der Waals surface area contributed by atoms with Gasteiger partial charge >= 0.3 is 0 Å². The van der Waals surface area contributed by atoms with Crippen molar-refractivity contribution in [1.29, 1.82) is 0 Å². The fourth-order valence-electron chi connectivity index (χ4n) is 3.07. The molecule has 1 amide bonds. The van der Waals surface area contributed by atoms with Crippen LogP contribution in [0.1, 0.15) is 40.3 Å². The number of aryl methyl sites for hydroxylation is 3. The van der Waals surface area contributed by atoms with Crippen molar-refractivity contribution in [1.82, 2.24) is 25.4 Å². The Morgan fingerprint density at radius 2 is 1.93 bits per heavy atom. The van der Waals surface area contributed by atoms with Crippen molar-refractivity contribution in [3.8, 4) is 5.69 Å². The molecule has 0 saturated carbocycles. The fourth-order valence-corrected chi connectivity index (χ4v) is 3.07. The summed E-state index contributed by atoms with van der Waals surface area (Å²) in [5.41, 5.74) is 9.35. The predicted molar refractivity (Wildman–Crippen MR) is 105 cm³/mol. The maximum absolute atomic E-state index is 12.1. The van der Waals surface area contributed by atoms with Crippen LogP contribution < -0.4 is 5.43 Å². The number of nitrogens with one attached hydrogen (secondary N) is 2. The van der Waals surface area contributed by atoms with Gasteiger partial charge in [0.25, 0.3) is 0 Å². The number of carbonyl (C=O) groups excluding carboxylic acids is 1. The summed E-state index contributed by atoms with van der Waals surface area (Å²) in [6.07, 6.45) is 2.66. The van der Waals surface area contributed by atoms with Gasteiger partial charge in [-0.15, -0.1) is 0 Å². The van der Waals surface area contributed by atoms with Crippen LogP contribution in [0.3, 0.4) is 0 Å². The van der Waals surface area contributed by atoms with E-state index in [9.17, 15) is 4.79 Å². The SMILES string of the molecule is Cc1nn(-c2ccccc2)c(C)c1/C=N\NC(=O)CCc1c(C)n[nH]c1C. The predicted octanol–water partition coefficient (Wildman–Crippen LogP) is 2.91. The number of hydrogen-bond donors (Lipinski definition) is 2. The second-order valence-electron chi connectivity index (χ2n) is 6.54. The molecule has 0 aliphatic heterocycles. The molecule has 2 N–H and O–H groups in total. The molecule has 0 aliphatic carbocycles. The van der Waals surface area contributed by atoms with Crippen LogP contribution in [-0.4, -0.2) is 32.1 Å². The Labute approximate surface area is 158 Å². The normalized spacial score (nSPS) is 11.3. The molecule has 0 radical (unpaired) electrons. The van der Waals surface area contributed by atoms with E-state index in [1.54, 1.807) is 6.21 Å². The number of rotatable bonds is 6. The second kappa shape index (κ2) is 7.99. The lowest BCUT2D eigenvalue weighted by molar-refractivity contribution is -0.121. The molecule has 7 heteroatoms. The van der Waals surface area contributed by atoms with E-state index in [-0.39, 0.29) is 5.91 Å². The summed E-state index contributed by atoms with van der Waals surface area (Å²) in [7, 11) is 0. The van der Waals surface area contributed by atoms with Crippen LogP contribution in [0.4, 0.5) is 0 Å². The van der Waals surface area contributed by atoms with Gasteiger partial charge in [-0.2, -0.15) is 15.3 Å². The zero-order chi connectivity index (χ0) is 19.4. The summed E-state index contributed by atoms with van der Waals surface area (Å²) in [5.74, 6) is -0.128. The highest BCUT2D eigenvalue weighted by molar-refractivity contribution is 5.84. The fraction of sp³-hybridized carbons (Fsp3) is 0.300. The monoisotopic (exact) mass is 364 g/mol. The quantitative estimate of drug-likeness (QED) is 0.521. The molecule has 0 atom stereocenters. The number of hydrogen-bond acceptors (Lipinski definition) is 4. The Morgan fingerprint density at radius 1 is 1.19 bits per heavy atom. The Bertz CT molecular complexity index is 949. The van der Waals surface area contributed by atoms with Crippen LogP contribution in [0.15, 0.2) is 35.4 Å². The number of carbonyl (C=O) groups is 1. The summed E-state index contributed by atoms with van der Waals surface area (Å²) < 4.78 is 1.88. The summed E-state index contributed by atoms with van der Waals surface area (Å²) in [6.45, 7) is 7.81. The molecule has 1 aromatic carbocycles. The number of H-pyrrole nitrogens is 1. The Morgan fingerprint density at radius 3 is 2.59 bits per heavy atom. The standard InChI is InChI=1S/C20H24N6O/c1-13-18(14(2)23-22-13)10-11-20(27)24-21-12-19-15(3)25-26(16(19)4)17-8-6-5-7-9-17/h5-9,12H,10-11H2,1-4H3,(H,22,23)(H,24,27)/b21-12-. The van der Waals surface area contributed by atoms with Gasteiger partial charge in [0.2, 0.25) is 5.91 Å². The van der Waals surface area contributed by atoms with Gasteiger partial charge < -0.3 is 0 Å². The second-order valence-corrected chi connectivity index (χ2v) is 6.54. The first-order chi connectivity index (χ1) is 13.0. The minimum atomic E-state index is -0.128. The largest absolute Gasteiger partial charge is 0.282 e. The third-order valence-corrected chi connectivity index (χ3v) is 4.61. The molecule has 27 heavy (non-hydrogen) atoms. The van der Waals surface area contributed by atoms with Gasteiger partial charge in [0.05, 0.1) is 29.0 Å². The molecule has 3 rings (SSSR count). The smallest absolute Gasteiger partial charge is 0.240 e. The average molecular weight is 364 g/mol. The Kier molecular flexibility index (Phi) is 5.49. The zero-order valence-electron chi connectivity index (χ0n) is 16.1. The van der Waals surface area contributed by atoms with Crippen molar-refractivity contribution in [3.05, 3.63) is 64.2 Å². The van der Waals surface area contributed by atoms with E-state index in [0.29, 0.717) is 12.8 Å². The first-order valence-electron chi connectivity index (χ1n) is 8.91. The number of hydrazone groups is 1. The molecular weight excluding hydrogens is 340 g/mol. The highest BCUT2D eigenvalue weighted by atomic mass is 16.2. The summed E-state index contributed by atoms with van der Waals surface area (Å²) in [6, 6.07) is 9.93. The van der Waals surface area contributed by atoms with Crippen LogP contribution in [0, 0.1) is 27.7 Å². The molecule has 140 valence electrons. The maximum atomic E-state index is 12.1. The highest BCUT2D eigenvalue weighted by Crippen LogP contribution is 2.16. The first kappa shape index (κ1) is 18.6. The van der Waals surface area contributed by atoms with Crippen molar-refractivity contribution >= 4 is 12.1 Å². The lowest BCUT2D eigenvalue weighted by Crippen LogP contribution is -2.18. The molecule has 7 nitrogen and oxygen atoms in total. The van der Waals surface area contributed by atoms with Crippen molar-refractivity contribution in [2.24, 2.45) is 5.10 Å². The van der Waals surface area contributed by atoms with Crippen LogP contribution in [0.5, 0.6) is 0 Å². The highest BCUT2D eigenvalue weighted by Gasteiger charge is 2.12. The van der Waals surface area contributed by atoms with E-state index in [2.05, 4.69) is 25.8 Å². The van der Waals surface area contributed by atoms with Crippen molar-refractivity contribution in [3.63, 3.8) is 0 Å². The van der Waals surface area contributed by atoms with E-state index in [0.717, 1.165) is 39.6 Å². The number of para-hydroxylation sites is 1. The van der Waals surface area contributed by atoms with Crippen LogP contribution in [0.2, 0.25) is 0 Å². The number of amides is 1. The van der Waals surface area contributed by atoms with Crippen LogP contribution in [-0.2, 0) is 11.2 Å². The number of aromatic amines is 1. The van der Waals surface area contributed by atoms with Gasteiger partial charge in [-0.25, -0.2) is 10.1 Å².